The molecule has 0 saturated heterocycles. The lowest BCUT2D eigenvalue weighted by atomic mass is 10.2. The lowest BCUT2D eigenvalue weighted by molar-refractivity contribution is -0.119. The van der Waals surface area contributed by atoms with Crippen LogP contribution >= 0.6 is 11.8 Å². The van der Waals surface area contributed by atoms with Gasteiger partial charge in [-0.25, -0.2) is 9.48 Å². The molecule has 0 atom stereocenters. The maximum absolute atomic E-state index is 12.5. The Morgan fingerprint density at radius 3 is 2.68 bits per heavy atom. The third kappa shape index (κ3) is 5.28. The van der Waals surface area contributed by atoms with Gasteiger partial charge >= 0.3 is 5.97 Å². The molecular weight excluding hydrogens is 352 g/mol. The molecule has 0 aliphatic heterocycles. The summed E-state index contributed by atoms with van der Waals surface area (Å²) >= 11 is 0.250. The number of carbonyl (C=O) groups is 2. The van der Waals surface area contributed by atoms with Gasteiger partial charge < -0.3 is 10.1 Å². The minimum atomic E-state index is -2.66. The highest BCUT2D eigenvalue weighted by Crippen LogP contribution is 2.28. The first-order valence-electron chi connectivity index (χ1n) is 7.42. The first-order chi connectivity index (χ1) is 11.9. The third-order valence-electron chi connectivity index (χ3n) is 3.08. The van der Waals surface area contributed by atoms with Crippen molar-refractivity contribution in [3.8, 4) is 0 Å². The van der Waals surface area contributed by atoms with Crippen molar-refractivity contribution in [1.82, 2.24) is 9.78 Å². The van der Waals surface area contributed by atoms with Crippen molar-refractivity contribution in [3.05, 3.63) is 42.1 Å². The van der Waals surface area contributed by atoms with Crippen LogP contribution in [-0.2, 0) is 9.53 Å². The molecule has 9 heteroatoms. The monoisotopic (exact) mass is 369 g/mol. The standard InChI is InChI=1S/C16H17F2N3O3S/c1-10(2)21-13(7-8-19-21)20-14(22)9-24-15(23)11-5-3-4-6-12(11)25-16(17)18/h3-8,10,16H,9H2,1-2H3,(H,20,22). The van der Waals surface area contributed by atoms with Crippen LogP contribution in [0.3, 0.4) is 0 Å². The molecule has 134 valence electrons. The Morgan fingerprint density at radius 2 is 2.00 bits per heavy atom. The Bertz CT molecular complexity index is 750. The molecule has 0 spiro atoms. The van der Waals surface area contributed by atoms with Crippen LogP contribution < -0.4 is 5.32 Å². The van der Waals surface area contributed by atoms with E-state index in [1.807, 2.05) is 13.8 Å². The van der Waals surface area contributed by atoms with E-state index in [2.05, 4.69) is 10.4 Å². The first-order valence-corrected chi connectivity index (χ1v) is 8.30. The second kappa shape index (κ2) is 8.61. The van der Waals surface area contributed by atoms with Crippen molar-refractivity contribution in [2.45, 2.75) is 30.5 Å². The van der Waals surface area contributed by atoms with E-state index in [-0.39, 0.29) is 28.3 Å². The summed E-state index contributed by atoms with van der Waals surface area (Å²) in [5.74, 6) is -3.57. The first kappa shape index (κ1) is 18.9. The molecule has 2 rings (SSSR count). The van der Waals surface area contributed by atoms with Gasteiger partial charge in [0.05, 0.1) is 11.8 Å². The Kier molecular flexibility index (Phi) is 6.51. The average molecular weight is 369 g/mol. The van der Waals surface area contributed by atoms with E-state index in [9.17, 15) is 18.4 Å². The molecule has 0 saturated carbocycles. The van der Waals surface area contributed by atoms with Crippen molar-refractivity contribution >= 4 is 29.5 Å². The van der Waals surface area contributed by atoms with Gasteiger partial charge in [-0.05, 0) is 26.0 Å². The van der Waals surface area contributed by atoms with Gasteiger partial charge in [0.2, 0.25) is 0 Å². The van der Waals surface area contributed by atoms with Crippen molar-refractivity contribution in [2.24, 2.45) is 0 Å². The number of hydrogen-bond acceptors (Lipinski definition) is 5. The number of rotatable bonds is 7. The van der Waals surface area contributed by atoms with Crippen LogP contribution in [0.25, 0.3) is 0 Å². The summed E-state index contributed by atoms with van der Waals surface area (Å²) in [7, 11) is 0. The van der Waals surface area contributed by atoms with E-state index < -0.39 is 24.2 Å². The van der Waals surface area contributed by atoms with Gasteiger partial charge in [0.15, 0.2) is 6.61 Å². The molecule has 0 aliphatic carbocycles. The number of alkyl halides is 2. The lowest BCUT2D eigenvalue weighted by Gasteiger charge is -2.12. The normalized spacial score (nSPS) is 11.0. The highest BCUT2D eigenvalue weighted by atomic mass is 32.2. The minimum absolute atomic E-state index is 0.00665. The zero-order valence-corrected chi connectivity index (χ0v) is 14.4. The van der Waals surface area contributed by atoms with Gasteiger partial charge in [0.25, 0.3) is 11.7 Å². The highest BCUT2D eigenvalue weighted by molar-refractivity contribution is 7.99. The Morgan fingerprint density at radius 1 is 1.28 bits per heavy atom. The number of hydrogen-bond donors (Lipinski definition) is 1. The number of esters is 1. The molecule has 0 radical (unpaired) electrons. The van der Waals surface area contributed by atoms with Gasteiger partial charge in [0, 0.05) is 17.0 Å². The fourth-order valence-electron chi connectivity index (χ4n) is 2.05. The largest absolute Gasteiger partial charge is 0.452 e. The summed E-state index contributed by atoms with van der Waals surface area (Å²) < 4.78 is 31.6. The predicted octanol–water partition coefficient (Wildman–Crippen LogP) is 3.57. The summed E-state index contributed by atoms with van der Waals surface area (Å²) in [6.07, 6.45) is 1.54. The SMILES string of the molecule is CC(C)n1nccc1NC(=O)COC(=O)c1ccccc1SC(F)F. The van der Waals surface area contributed by atoms with E-state index in [0.29, 0.717) is 5.82 Å². The number of nitrogens with zero attached hydrogens (tertiary/aromatic N) is 2. The smallest absolute Gasteiger partial charge is 0.339 e. The number of carbonyl (C=O) groups excluding carboxylic acids is 2. The van der Waals surface area contributed by atoms with Crippen LogP contribution in [0.4, 0.5) is 14.6 Å². The van der Waals surface area contributed by atoms with Crippen molar-refractivity contribution in [2.75, 3.05) is 11.9 Å². The summed E-state index contributed by atoms with van der Waals surface area (Å²) in [6.45, 7) is 3.27. The molecule has 6 nitrogen and oxygen atoms in total. The van der Waals surface area contributed by atoms with Gasteiger partial charge in [-0.15, -0.1) is 0 Å². The second-order valence-corrected chi connectivity index (χ2v) is 6.29. The number of ether oxygens (including phenoxy) is 1. The van der Waals surface area contributed by atoms with E-state index in [1.54, 1.807) is 23.0 Å². The topological polar surface area (TPSA) is 73.2 Å². The number of amides is 1. The van der Waals surface area contributed by atoms with Crippen molar-refractivity contribution < 1.29 is 23.1 Å². The van der Waals surface area contributed by atoms with Crippen LogP contribution in [0, 0.1) is 0 Å². The Labute approximate surface area is 147 Å². The minimum Gasteiger partial charge on any atom is -0.452 e. The van der Waals surface area contributed by atoms with Crippen LogP contribution in [0.1, 0.15) is 30.2 Å². The van der Waals surface area contributed by atoms with Crippen LogP contribution in [0.15, 0.2) is 41.4 Å². The molecule has 1 aromatic heterocycles. The van der Waals surface area contributed by atoms with E-state index >= 15 is 0 Å². The quantitative estimate of drug-likeness (QED) is 0.597. The zero-order chi connectivity index (χ0) is 18.4. The van der Waals surface area contributed by atoms with Crippen LogP contribution in [0.2, 0.25) is 0 Å². The molecule has 0 bridgehead atoms. The molecule has 1 aromatic carbocycles. The fraction of sp³-hybridized carbons (Fsp3) is 0.312. The Balaban J connectivity index is 1.96. The number of benzene rings is 1. The summed E-state index contributed by atoms with van der Waals surface area (Å²) in [6, 6.07) is 7.52. The van der Waals surface area contributed by atoms with Gasteiger partial charge in [-0.1, -0.05) is 23.9 Å². The molecule has 0 fully saturated rings. The van der Waals surface area contributed by atoms with E-state index in [4.69, 9.17) is 4.74 Å². The molecule has 1 heterocycles. The summed E-state index contributed by atoms with van der Waals surface area (Å²) in [5, 5.41) is 6.66. The number of halogens is 2. The number of thioether (sulfide) groups is 1. The van der Waals surface area contributed by atoms with Gasteiger partial charge in [-0.3, -0.25) is 4.79 Å². The average Bonchev–Trinajstić information content (AvgIpc) is 3.01. The van der Waals surface area contributed by atoms with E-state index in [1.165, 1.54) is 18.2 Å². The molecule has 1 N–H and O–H groups in total. The molecule has 0 aliphatic rings. The van der Waals surface area contributed by atoms with Gasteiger partial charge in [0.1, 0.15) is 5.82 Å². The van der Waals surface area contributed by atoms with Crippen LogP contribution in [0.5, 0.6) is 0 Å². The Hall–Kier alpha value is -2.42. The number of anilines is 1. The number of aromatic nitrogens is 2. The highest BCUT2D eigenvalue weighted by Gasteiger charge is 2.18. The maximum atomic E-state index is 12.5. The van der Waals surface area contributed by atoms with Gasteiger partial charge in [-0.2, -0.15) is 13.9 Å². The third-order valence-corrected chi connectivity index (χ3v) is 3.87. The number of nitrogens with one attached hydrogen (secondary N) is 1. The summed E-state index contributed by atoms with van der Waals surface area (Å²) in [5.41, 5.74) is -0.00665. The molecule has 25 heavy (non-hydrogen) atoms. The summed E-state index contributed by atoms with van der Waals surface area (Å²) in [4.78, 5) is 24.1. The molecule has 1 amide bonds. The van der Waals surface area contributed by atoms with Crippen molar-refractivity contribution in [1.29, 1.82) is 0 Å². The predicted molar refractivity (Wildman–Crippen MR) is 89.8 cm³/mol. The maximum Gasteiger partial charge on any atom is 0.339 e. The second-order valence-electron chi connectivity index (χ2n) is 5.25. The zero-order valence-electron chi connectivity index (χ0n) is 13.6. The fourth-order valence-corrected chi connectivity index (χ4v) is 2.67. The van der Waals surface area contributed by atoms with Crippen LogP contribution in [-0.4, -0.2) is 34.0 Å². The van der Waals surface area contributed by atoms with E-state index in [0.717, 1.165) is 0 Å². The lowest BCUT2D eigenvalue weighted by Crippen LogP contribution is -2.23. The molecule has 0 unspecified atom stereocenters. The van der Waals surface area contributed by atoms with Crippen molar-refractivity contribution in [3.63, 3.8) is 0 Å². The molecule has 2 aromatic rings. The molecular formula is C16H17F2N3O3S.